The number of nitrogens with zero attached hydrogens (tertiary/aromatic N) is 1. The van der Waals surface area contributed by atoms with Gasteiger partial charge in [-0.25, -0.2) is 0 Å². The van der Waals surface area contributed by atoms with Crippen molar-refractivity contribution >= 4 is 11.8 Å². The number of benzene rings is 1. The summed E-state index contributed by atoms with van der Waals surface area (Å²) in [6.07, 6.45) is 0. The summed E-state index contributed by atoms with van der Waals surface area (Å²) in [5, 5.41) is 0. The number of primary amides is 1. The number of rotatable bonds is 6. The monoisotopic (exact) mass is 250 g/mol. The summed E-state index contributed by atoms with van der Waals surface area (Å²) in [7, 11) is 0. The van der Waals surface area contributed by atoms with Gasteiger partial charge in [-0.05, 0) is 38.1 Å². The van der Waals surface area contributed by atoms with Gasteiger partial charge in [0.25, 0.3) is 5.91 Å². The summed E-state index contributed by atoms with van der Waals surface area (Å²) >= 11 is 0. The van der Waals surface area contributed by atoms with Gasteiger partial charge in [-0.3, -0.25) is 9.59 Å². The van der Waals surface area contributed by atoms with E-state index in [1.165, 1.54) is 0 Å². The molecule has 1 rings (SSSR count). The van der Waals surface area contributed by atoms with Crippen LogP contribution in [-0.4, -0.2) is 36.4 Å². The summed E-state index contributed by atoms with van der Waals surface area (Å²) in [5.74, 6) is 0.000233. The van der Waals surface area contributed by atoms with Gasteiger partial charge in [-0.1, -0.05) is 0 Å². The van der Waals surface area contributed by atoms with Gasteiger partial charge < -0.3 is 15.4 Å². The van der Waals surface area contributed by atoms with E-state index in [0.717, 1.165) is 0 Å². The molecule has 2 amide bonds. The van der Waals surface area contributed by atoms with Crippen LogP contribution in [0, 0.1) is 0 Å². The second-order valence-electron chi connectivity index (χ2n) is 3.74. The van der Waals surface area contributed by atoms with E-state index in [-0.39, 0.29) is 12.5 Å². The zero-order valence-corrected chi connectivity index (χ0v) is 10.7. The molecule has 0 aliphatic rings. The van der Waals surface area contributed by atoms with E-state index in [1.807, 2.05) is 13.8 Å². The Morgan fingerprint density at radius 2 is 1.72 bits per heavy atom. The smallest absolute Gasteiger partial charge is 0.260 e. The Bertz CT molecular complexity index is 411. The lowest BCUT2D eigenvalue weighted by Crippen LogP contribution is -2.34. The number of hydrogen-bond acceptors (Lipinski definition) is 3. The SMILES string of the molecule is CCN(CC)C(=O)COc1ccc(C(N)=O)cc1. The molecule has 1 aromatic carbocycles. The van der Waals surface area contributed by atoms with Gasteiger partial charge in [-0.15, -0.1) is 0 Å². The van der Waals surface area contributed by atoms with Crippen molar-refractivity contribution in [3.8, 4) is 5.75 Å². The van der Waals surface area contributed by atoms with Crippen molar-refractivity contribution in [2.45, 2.75) is 13.8 Å². The Kier molecular flexibility index (Phi) is 5.17. The molecule has 0 spiro atoms. The van der Waals surface area contributed by atoms with Gasteiger partial charge in [0.1, 0.15) is 5.75 Å². The summed E-state index contributed by atoms with van der Waals surface area (Å²) in [5.41, 5.74) is 5.54. The summed E-state index contributed by atoms with van der Waals surface area (Å²) in [6, 6.07) is 6.38. The number of likely N-dealkylation sites (N-methyl/N-ethyl adjacent to an activating group) is 1. The van der Waals surface area contributed by atoms with Gasteiger partial charge >= 0.3 is 0 Å². The van der Waals surface area contributed by atoms with E-state index < -0.39 is 5.91 Å². The highest BCUT2D eigenvalue weighted by molar-refractivity contribution is 5.92. The van der Waals surface area contributed by atoms with Crippen LogP contribution in [0.1, 0.15) is 24.2 Å². The summed E-state index contributed by atoms with van der Waals surface area (Å²) in [6.45, 7) is 5.17. The van der Waals surface area contributed by atoms with Crippen LogP contribution in [0.15, 0.2) is 24.3 Å². The second-order valence-corrected chi connectivity index (χ2v) is 3.74. The summed E-state index contributed by atoms with van der Waals surface area (Å²) in [4.78, 5) is 24.2. The quantitative estimate of drug-likeness (QED) is 0.819. The second kappa shape index (κ2) is 6.64. The molecule has 0 saturated carbocycles. The van der Waals surface area contributed by atoms with Crippen LogP contribution in [-0.2, 0) is 4.79 Å². The molecular weight excluding hydrogens is 232 g/mol. The van der Waals surface area contributed by atoms with Crippen molar-refractivity contribution in [1.29, 1.82) is 0 Å². The first-order valence-corrected chi connectivity index (χ1v) is 5.88. The third kappa shape index (κ3) is 3.76. The van der Waals surface area contributed by atoms with Crippen molar-refractivity contribution in [3.05, 3.63) is 29.8 Å². The molecule has 0 unspecified atom stereocenters. The van der Waals surface area contributed by atoms with Gasteiger partial charge in [0.05, 0.1) is 0 Å². The van der Waals surface area contributed by atoms with Crippen molar-refractivity contribution in [2.24, 2.45) is 5.73 Å². The van der Waals surface area contributed by atoms with Crippen LogP contribution in [0.4, 0.5) is 0 Å². The standard InChI is InChI=1S/C13H18N2O3/c1-3-15(4-2)12(16)9-18-11-7-5-10(6-8-11)13(14)17/h5-8H,3-4,9H2,1-2H3,(H2,14,17). The minimum atomic E-state index is -0.485. The molecule has 1 aromatic rings. The normalized spacial score (nSPS) is 9.89. The van der Waals surface area contributed by atoms with Crippen molar-refractivity contribution in [1.82, 2.24) is 4.90 Å². The number of nitrogens with two attached hydrogens (primary N) is 1. The van der Waals surface area contributed by atoms with Crippen LogP contribution >= 0.6 is 0 Å². The lowest BCUT2D eigenvalue weighted by atomic mass is 10.2. The molecule has 0 bridgehead atoms. The van der Waals surface area contributed by atoms with E-state index in [1.54, 1.807) is 29.2 Å². The molecule has 2 N–H and O–H groups in total. The fourth-order valence-corrected chi connectivity index (χ4v) is 1.53. The Hall–Kier alpha value is -2.04. The first kappa shape index (κ1) is 14.0. The largest absolute Gasteiger partial charge is 0.484 e. The van der Waals surface area contributed by atoms with Gasteiger partial charge in [-0.2, -0.15) is 0 Å². The number of ether oxygens (including phenoxy) is 1. The highest BCUT2D eigenvalue weighted by atomic mass is 16.5. The zero-order valence-electron chi connectivity index (χ0n) is 10.7. The molecule has 98 valence electrons. The predicted molar refractivity (Wildman–Crippen MR) is 68.4 cm³/mol. The van der Waals surface area contributed by atoms with Gasteiger partial charge in [0.2, 0.25) is 5.91 Å². The Labute approximate surface area is 107 Å². The molecule has 0 atom stereocenters. The Balaban J connectivity index is 2.53. The lowest BCUT2D eigenvalue weighted by molar-refractivity contribution is -0.132. The van der Waals surface area contributed by atoms with Crippen LogP contribution < -0.4 is 10.5 Å². The summed E-state index contributed by atoms with van der Waals surface area (Å²) < 4.78 is 5.34. The fraction of sp³-hybridized carbons (Fsp3) is 0.385. The van der Waals surface area contributed by atoms with Crippen LogP contribution in [0.25, 0.3) is 0 Å². The molecule has 0 saturated heterocycles. The fourth-order valence-electron chi connectivity index (χ4n) is 1.53. The third-order valence-electron chi connectivity index (χ3n) is 2.62. The first-order chi connectivity index (χ1) is 8.58. The maximum absolute atomic E-state index is 11.7. The average molecular weight is 250 g/mol. The topological polar surface area (TPSA) is 72.6 Å². The maximum Gasteiger partial charge on any atom is 0.260 e. The molecule has 18 heavy (non-hydrogen) atoms. The molecular formula is C13H18N2O3. The molecule has 0 radical (unpaired) electrons. The van der Waals surface area contributed by atoms with Crippen molar-refractivity contribution < 1.29 is 14.3 Å². The van der Waals surface area contributed by atoms with E-state index in [0.29, 0.717) is 24.4 Å². The minimum Gasteiger partial charge on any atom is -0.484 e. The number of carbonyl (C=O) groups excluding carboxylic acids is 2. The van der Waals surface area contributed by atoms with Crippen LogP contribution in [0.2, 0.25) is 0 Å². The highest BCUT2D eigenvalue weighted by Gasteiger charge is 2.10. The molecule has 0 heterocycles. The molecule has 0 aromatic heterocycles. The number of amides is 2. The van der Waals surface area contributed by atoms with Crippen molar-refractivity contribution in [2.75, 3.05) is 19.7 Å². The van der Waals surface area contributed by atoms with Crippen LogP contribution in [0.3, 0.4) is 0 Å². The lowest BCUT2D eigenvalue weighted by Gasteiger charge is -2.18. The maximum atomic E-state index is 11.7. The molecule has 0 aliphatic carbocycles. The zero-order chi connectivity index (χ0) is 13.5. The number of carbonyl (C=O) groups is 2. The highest BCUT2D eigenvalue weighted by Crippen LogP contribution is 2.11. The predicted octanol–water partition coefficient (Wildman–Crippen LogP) is 1.03. The minimum absolute atomic E-state index is 0.00238. The molecule has 5 heteroatoms. The van der Waals surface area contributed by atoms with E-state index in [2.05, 4.69) is 0 Å². The Morgan fingerprint density at radius 3 is 2.17 bits per heavy atom. The average Bonchev–Trinajstić information content (AvgIpc) is 2.38. The molecule has 0 fully saturated rings. The van der Waals surface area contributed by atoms with Crippen molar-refractivity contribution in [3.63, 3.8) is 0 Å². The third-order valence-corrected chi connectivity index (χ3v) is 2.62. The number of hydrogen-bond donors (Lipinski definition) is 1. The van der Waals surface area contributed by atoms with Gasteiger partial charge in [0.15, 0.2) is 6.61 Å². The van der Waals surface area contributed by atoms with E-state index in [4.69, 9.17) is 10.5 Å². The Morgan fingerprint density at radius 1 is 1.17 bits per heavy atom. The molecule has 5 nitrogen and oxygen atoms in total. The van der Waals surface area contributed by atoms with E-state index in [9.17, 15) is 9.59 Å². The van der Waals surface area contributed by atoms with Gasteiger partial charge in [0, 0.05) is 18.7 Å². The molecule has 0 aliphatic heterocycles. The van der Waals surface area contributed by atoms with Crippen LogP contribution in [0.5, 0.6) is 5.75 Å². The first-order valence-electron chi connectivity index (χ1n) is 5.88. The van der Waals surface area contributed by atoms with E-state index >= 15 is 0 Å².